The average molecular weight is 288 g/mol. The van der Waals surface area contributed by atoms with Gasteiger partial charge in [-0.2, -0.15) is 13.2 Å². The molecule has 0 radical (unpaired) electrons. The van der Waals surface area contributed by atoms with Crippen LogP contribution in [0.2, 0.25) is 0 Å². The number of halogens is 3. The van der Waals surface area contributed by atoms with Crippen molar-refractivity contribution in [3.8, 4) is 0 Å². The number of aryl methyl sites for hydroxylation is 1. The predicted molar refractivity (Wildman–Crippen MR) is 75.5 cm³/mol. The summed E-state index contributed by atoms with van der Waals surface area (Å²) in [6.45, 7) is 3.87. The second-order valence-electron chi connectivity index (χ2n) is 5.22. The van der Waals surface area contributed by atoms with Crippen LogP contribution in [0.15, 0.2) is 24.3 Å². The van der Waals surface area contributed by atoms with Crippen LogP contribution in [0.3, 0.4) is 0 Å². The van der Waals surface area contributed by atoms with Crippen molar-refractivity contribution in [3.63, 3.8) is 0 Å². The van der Waals surface area contributed by atoms with Crippen molar-refractivity contribution in [2.75, 3.05) is 13.6 Å². The van der Waals surface area contributed by atoms with Crippen LogP contribution in [0.25, 0.3) is 0 Å². The van der Waals surface area contributed by atoms with Gasteiger partial charge < -0.3 is 5.73 Å². The average Bonchev–Trinajstić information content (AvgIpc) is 2.38. The Bertz CT molecular complexity index is 418. The number of hydrogen-bond acceptors (Lipinski definition) is 2. The lowest BCUT2D eigenvalue weighted by Crippen LogP contribution is -2.40. The quantitative estimate of drug-likeness (QED) is 0.865. The summed E-state index contributed by atoms with van der Waals surface area (Å²) in [6.07, 6.45) is -4.24. The van der Waals surface area contributed by atoms with E-state index in [4.69, 9.17) is 5.73 Å². The zero-order chi connectivity index (χ0) is 15.3. The van der Waals surface area contributed by atoms with Crippen LogP contribution < -0.4 is 5.73 Å². The maximum Gasteiger partial charge on any atom is 0.390 e. The first-order valence-corrected chi connectivity index (χ1v) is 6.84. The largest absolute Gasteiger partial charge is 0.390 e. The molecule has 0 spiro atoms. The van der Waals surface area contributed by atoms with Gasteiger partial charge in [-0.3, -0.25) is 4.90 Å². The van der Waals surface area contributed by atoms with Gasteiger partial charge in [0.15, 0.2) is 0 Å². The second-order valence-corrected chi connectivity index (χ2v) is 5.22. The lowest BCUT2D eigenvalue weighted by Gasteiger charge is -2.34. The highest BCUT2D eigenvalue weighted by Crippen LogP contribution is 2.28. The molecule has 5 heteroatoms. The third-order valence-electron chi connectivity index (χ3n) is 3.61. The summed E-state index contributed by atoms with van der Waals surface area (Å²) in [6, 6.07) is 7.35. The smallest absolute Gasteiger partial charge is 0.326 e. The zero-order valence-electron chi connectivity index (χ0n) is 12.2. The van der Waals surface area contributed by atoms with E-state index in [1.54, 1.807) is 11.9 Å². The fourth-order valence-corrected chi connectivity index (χ4v) is 2.38. The number of hydrogen-bond donors (Lipinski definition) is 1. The maximum atomic E-state index is 12.4. The Hall–Kier alpha value is -1.07. The van der Waals surface area contributed by atoms with Gasteiger partial charge in [0.05, 0.1) is 6.42 Å². The number of benzene rings is 1. The number of likely N-dealkylation sites (N-methyl/N-ethyl adjacent to an activating group) is 1. The minimum Gasteiger partial charge on any atom is -0.326 e. The Kier molecular flexibility index (Phi) is 6.02. The van der Waals surface area contributed by atoms with E-state index in [0.717, 1.165) is 17.5 Å². The van der Waals surface area contributed by atoms with Gasteiger partial charge >= 0.3 is 6.18 Å². The standard InChI is InChI=1S/C15H23F3N2/c1-4-13(19)14(12-8-6-5-7-11(12)2)20(3)10-9-15(16,17)18/h5-8,13-14H,4,9-10,19H2,1-3H3. The van der Waals surface area contributed by atoms with Crippen molar-refractivity contribution < 1.29 is 13.2 Å². The van der Waals surface area contributed by atoms with E-state index in [0.29, 0.717) is 0 Å². The van der Waals surface area contributed by atoms with Gasteiger partial charge in [-0.1, -0.05) is 31.2 Å². The number of rotatable bonds is 6. The van der Waals surface area contributed by atoms with Crippen molar-refractivity contribution in [2.45, 2.75) is 44.9 Å². The Morgan fingerprint density at radius 2 is 1.85 bits per heavy atom. The monoisotopic (exact) mass is 288 g/mol. The van der Waals surface area contributed by atoms with E-state index in [1.165, 1.54) is 0 Å². The zero-order valence-corrected chi connectivity index (χ0v) is 12.2. The molecule has 0 aromatic heterocycles. The molecule has 2 atom stereocenters. The molecule has 2 unspecified atom stereocenters. The summed E-state index contributed by atoms with van der Waals surface area (Å²) in [5.41, 5.74) is 8.20. The van der Waals surface area contributed by atoms with Crippen molar-refractivity contribution in [2.24, 2.45) is 5.73 Å². The third kappa shape index (κ3) is 4.80. The molecule has 0 saturated heterocycles. The molecule has 0 heterocycles. The summed E-state index contributed by atoms with van der Waals surface area (Å²) in [4.78, 5) is 1.71. The molecule has 0 saturated carbocycles. The molecule has 1 rings (SSSR count). The Morgan fingerprint density at radius 1 is 1.25 bits per heavy atom. The minimum absolute atomic E-state index is 0.0454. The topological polar surface area (TPSA) is 29.3 Å². The van der Waals surface area contributed by atoms with Crippen molar-refractivity contribution in [1.29, 1.82) is 0 Å². The van der Waals surface area contributed by atoms with Gasteiger partial charge in [-0.15, -0.1) is 0 Å². The molecule has 1 aromatic rings. The molecule has 2 N–H and O–H groups in total. The van der Waals surface area contributed by atoms with Crippen LogP contribution in [0.1, 0.15) is 36.9 Å². The molecule has 20 heavy (non-hydrogen) atoms. The maximum absolute atomic E-state index is 12.4. The van der Waals surface area contributed by atoms with Gasteiger partial charge in [-0.25, -0.2) is 0 Å². The molecule has 2 nitrogen and oxygen atoms in total. The SMILES string of the molecule is CCC(N)C(c1ccccc1C)N(C)CCC(F)(F)F. The van der Waals surface area contributed by atoms with Gasteiger partial charge in [0.25, 0.3) is 0 Å². The molecule has 0 fully saturated rings. The van der Waals surface area contributed by atoms with E-state index >= 15 is 0 Å². The Morgan fingerprint density at radius 3 is 2.35 bits per heavy atom. The molecule has 0 aliphatic rings. The predicted octanol–water partition coefficient (Wildman–Crippen LogP) is 3.66. The van der Waals surface area contributed by atoms with E-state index in [1.807, 2.05) is 38.1 Å². The lowest BCUT2D eigenvalue weighted by atomic mass is 9.93. The number of nitrogens with two attached hydrogens (primary N) is 1. The van der Waals surface area contributed by atoms with Crippen molar-refractivity contribution in [3.05, 3.63) is 35.4 Å². The third-order valence-corrected chi connectivity index (χ3v) is 3.61. The number of alkyl halides is 3. The van der Waals surface area contributed by atoms with Gasteiger partial charge in [0.2, 0.25) is 0 Å². The Balaban J connectivity index is 2.93. The summed E-state index contributed by atoms with van der Waals surface area (Å²) >= 11 is 0. The molecule has 114 valence electrons. The highest BCUT2D eigenvalue weighted by Gasteiger charge is 2.30. The molecule has 0 aliphatic carbocycles. The van der Waals surface area contributed by atoms with E-state index in [2.05, 4.69) is 0 Å². The summed E-state index contributed by atoms with van der Waals surface area (Å²) in [5.74, 6) is 0. The molecular formula is C15H23F3N2. The summed E-state index contributed by atoms with van der Waals surface area (Å²) in [5, 5.41) is 0. The highest BCUT2D eigenvalue weighted by atomic mass is 19.4. The normalized spacial score (nSPS) is 15.4. The molecular weight excluding hydrogens is 265 g/mol. The fraction of sp³-hybridized carbons (Fsp3) is 0.600. The van der Waals surface area contributed by atoms with E-state index in [-0.39, 0.29) is 18.6 Å². The van der Waals surface area contributed by atoms with Crippen LogP contribution in [0, 0.1) is 6.92 Å². The summed E-state index contributed by atoms with van der Waals surface area (Å²) < 4.78 is 37.2. The fourth-order valence-electron chi connectivity index (χ4n) is 2.38. The van der Waals surface area contributed by atoms with Crippen LogP contribution in [-0.4, -0.2) is 30.7 Å². The van der Waals surface area contributed by atoms with Crippen LogP contribution >= 0.6 is 0 Å². The first kappa shape index (κ1) is 17.0. The highest BCUT2D eigenvalue weighted by molar-refractivity contribution is 5.29. The lowest BCUT2D eigenvalue weighted by molar-refractivity contribution is -0.138. The second kappa shape index (κ2) is 7.09. The van der Waals surface area contributed by atoms with Crippen molar-refractivity contribution >= 4 is 0 Å². The van der Waals surface area contributed by atoms with Gasteiger partial charge in [0, 0.05) is 18.6 Å². The molecule has 1 aromatic carbocycles. The number of nitrogens with zero attached hydrogens (tertiary/aromatic N) is 1. The van der Waals surface area contributed by atoms with Gasteiger partial charge in [0.1, 0.15) is 0 Å². The van der Waals surface area contributed by atoms with Crippen LogP contribution in [-0.2, 0) is 0 Å². The van der Waals surface area contributed by atoms with Crippen molar-refractivity contribution in [1.82, 2.24) is 4.90 Å². The van der Waals surface area contributed by atoms with E-state index < -0.39 is 12.6 Å². The first-order chi connectivity index (χ1) is 9.26. The molecule has 0 amide bonds. The van der Waals surface area contributed by atoms with Crippen LogP contribution in [0.4, 0.5) is 13.2 Å². The van der Waals surface area contributed by atoms with Crippen LogP contribution in [0.5, 0.6) is 0 Å². The molecule has 0 aliphatic heterocycles. The Labute approximate surface area is 118 Å². The summed E-state index contributed by atoms with van der Waals surface area (Å²) in [7, 11) is 1.71. The minimum atomic E-state index is -4.14. The van der Waals surface area contributed by atoms with Gasteiger partial charge in [-0.05, 0) is 31.5 Å². The molecule has 0 bridgehead atoms. The first-order valence-electron chi connectivity index (χ1n) is 6.84. The van der Waals surface area contributed by atoms with E-state index in [9.17, 15) is 13.2 Å².